The zero-order chi connectivity index (χ0) is 15.0. The molecule has 0 radical (unpaired) electrons. The second kappa shape index (κ2) is 4.76. The lowest BCUT2D eigenvalue weighted by Gasteiger charge is -2.08. The van der Waals surface area contributed by atoms with Crippen LogP contribution in [-0.4, -0.2) is 12.4 Å². The fourth-order valence-corrected chi connectivity index (χ4v) is 3.56. The van der Waals surface area contributed by atoms with Crippen LogP contribution < -0.4 is 0 Å². The number of aryl methyl sites for hydroxylation is 1. The Balaban J connectivity index is 2.20. The standard InChI is InChI=1S/C16H12N2O2S/c1-12-3-6-15(7-4-12)21(19,20)18-10-9-13-11-14(17-2)5-8-16(13)18/h3-11H,1H3. The topological polar surface area (TPSA) is 43.4 Å². The van der Waals surface area contributed by atoms with Crippen LogP contribution in [0.1, 0.15) is 5.56 Å². The average molecular weight is 296 g/mol. The van der Waals surface area contributed by atoms with Gasteiger partial charge in [0.25, 0.3) is 10.0 Å². The van der Waals surface area contributed by atoms with E-state index in [0.717, 1.165) is 10.9 Å². The maximum Gasteiger partial charge on any atom is 0.268 e. The largest absolute Gasteiger partial charge is 0.268 e. The minimum absolute atomic E-state index is 0.250. The van der Waals surface area contributed by atoms with Crippen LogP contribution in [0.5, 0.6) is 0 Å². The lowest BCUT2D eigenvalue weighted by molar-refractivity contribution is 0.589. The van der Waals surface area contributed by atoms with Gasteiger partial charge in [-0.05, 0) is 42.6 Å². The number of nitrogens with zero attached hydrogens (tertiary/aromatic N) is 2. The highest BCUT2D eigenvalue weighted by atomic mass is 32.2. The van der Waals surface area contributed by atoms with Gasteiger partial charge in [-0.15, -0.1) is 0 Å². The summed E-state index contributed by atoms with van der Waals surface area (Å²) in [6, 6.07) is 13.4. The summed E-state index contributed by atoms with van der Waals surface area (Å²) >= 11 is 0. The summed E-state index contributed by atoms with van der Waals surface area (Å²) in [7, 11) is -3.62. The second-order valence-electron chi connectivity index (χ2n) is 4.78. The first-order valence-electron chi connectivity index (χ1n) is 6.33. The van der Waals surface area contributed by atoms with Gasteiger partial charge in [0, 0.05) is 6.20 Å². The molecule has 0 aliphatic carbocycles. The minimum atomic E-state index is -3.62. The molecule has 0 aliphatic heterocycles. The number of hydrogen-bond acceptors (Lipinski definition) is 2. The van der Waals surface area contributed by atoms with Crippen LogP contribution in [-0.2, 0) is 10.0 Å². The Morgan fingerprint density at radius 3 is 2.43 bits per heavy atom. The molecule has 4 nitrogen and oxygen atoms in total. The molecule has 2 aromatic carbocycles. The van der Waals surface area contributed by atoms with Crippen molar-refractivity contribution in [3.63, 3.8) is 0 Å². The zero-order valence-corrected chi connectivity index (χ0v) is 12.1. The highest BCUT2D eigenvalue weighted by Gasteiger charge is 2.18. The molecule has 0 amide bonds. The Labute approximate surface area is 123 Å². The highest BCUT2D eigenvalue weighted by Crippen LogP contribution is 2.26. The van der Waals surface area contributed by atoms with Crippen molar-refractivity contribution in [3.8, 4) is 0 Å². The summed E-state index contributed by atoms with van der Waals surface area (Å²) in [5.74, 6) is 0. The molecule has 1 aromatic heterocycles. The van der Waals surface area contributed by atoms with Crippen LogP contribution in [0.25, 0.3) is 15.7 Å². The van der Waals surface area contributed by atoms with E-state index in [-0.39, 0.29) is 4.90 Å². The maximum absolute atomic E-state index is 12.7. The predicted molar refractivity (Wildman–Crippen MR) is 82.0 cm³/mol. The molecular weight excluding hydrogens is 284 g/mol. The van der Waals surface area contributed by atoms with Crippen molar-refractivity contribution in [3.05, 3.63) is 71.7 Å². The molecule has 0 saturated heterocycles. The van der Waals surface area contributed by atoms with Crippen LogP contribution >= 0.6 is 0 Å². The van der Waals surface area contributed by atoms with Gasteiger partial charge in [-0.3, -0.25) is 0 Å². The molecule has 3 rings (SSSR count). The van der Waals surface area contributed by atoms with Gasteiger partial charge in [-0.25, -0.2) is 17.2 Å². The van der Waals surface area contributed by atoms with E-state index in [9.17, 15) is 8.42 Å². The maximum atomic E-state index is 12.7. The third-order valence-corrected chi connectivity index (χ3v) is 5.05. The number of hydrogen-bond donors (Lipinski definition) is 0. The molecule has 0 fully saturated rings. The summed E-state index contributed by atoms with van der Waals surface area (Å²) in [5.41, 5.74) is 2.07. The molecule has 0 N–H and O–H groups in total. The van der Waals surface area contributed by atoms with E-state index in [1.165, 1.54) is 10.2 Å². The summed E-state index contributed by atoms with van der Waals surface area (Å²) < 4.78 is 26.6. The fraction of sp³-hybridized carbons (Fsp3) is 0.0625. The smallest absolute Gasteiger partial charge is 0.241 e. The Hall–Kier alpha value is -2.58. The molecule has 0 bridgehead atoms. The van der Waals surface area contributed by atoms with E-state index in [1.54, 1.807) is 48.5 Å². The minimum Gasteiger partial charge on any atom is -0.241 e. The quantitative estimate of drug-likeness (QED) is 0.676. The Morgan fingerprint density at radius 2 is 1.76 bits per heavy atom. The van der Waals surface area contributed by atoms with Crippen LogP contribution in [0, 0.1) is 13.5 Å². The van der Waals surface area contributed by atoms with E-state index in [2.05, 4.69) is 4.85 Å². The molecule has 0 aliphatic rings. The van der Waals surface area contributed by atoms with Gasteiger partial charge in [0.2, 0.25) is 0 Å². The molecule has 104 valence electrons. The molecule has 0 spiro atoms. The van der Waals surface area contributed by atoms with E-state index in [1.807, 2.05) is 6.92 Å². The van der Waals surface area contributed by atoms with E-state index >= 15 is 0 Å². The van der Waals surface area contributed by atoms with Gasteiger partial charge in [-0.2, -0.15) is 0 Å². The van der Waals surface area contributed by atoms with E-state index in [4.69, 9.17) is 6.57 Å². The molecule has 21 heavy (non-hydrogen) atoms. The summed E-state index contributed by atoms with van der Waals surface area (Å²) in [6.45, 7) is 8.91. The fourth-order valence-electron chi connectivity index (χ4n) is 2.21. The summed E-state index contributed by atoms with van der Waals surface area (Å²) in [5, 5.41) is 0.735. The summed E-state index contributed by atoms with van der Waals surface area (Å²) in [4.78, 5) is 3.60. The van der Waals surface area contributed by atoms with E-state index < -0.39 is 10.0 Å². The third-order valence-electron chi connectivity index (χ3n) is 3.34. The molecule has 3 aromatic rings. The van der Waals surface area contributed by atoms with Gasteiger partial charge in [0.05, 0.1) is 17.0 Å². The number of fused-ring (bicyclic) bond motifs is 1. The van der Waals surface area contributed by atoms with Gasteiger partial charge in [-0.1, -0.05) is 23.8 Å². The van der Waals surface area contributed by atoms with Crippen molar-refractivity contribution < 1.29 is 8.42 Å². The lowest BCUT2D eigenvalue weighted by atomic mass is 10.2. The van der Waals surface area contributed by atoms with Crippen molar-refractivity contribution in [2.75, 3.05) is 0 Å². The first-order valence-corrected chi connectivity index (χ1v) is 7.77. The number of rotatable bonds is 2. The SMILES string of the molecule is [C-]#[N+]c1ccc2c(ccn2S(=O)(=O)c2ccc(C)cc2)c1. The van der Waals surface area contributed by atoms with Crippen molar-refractivity contribution in [1.82, 2.24) is 3.97 Å². The van der Waals surface area contributed by atoms with Crippen molar-refractivity contribution in [2.45, 2.75) is 11.8 Å². The Morgan fingerprint density at radius 1 is 1.05 bits per heavy atom. The third kappa shape index (κ3) is 2.20. The van der Waals surface area contributed by atoms with E-state index in [0.29, 0.717) is 11.2 Å². The Kier molecular flexibility index (Phi) is 3.04. The van der Waals surface area contributed by atoms with Crippen LogP contribution in [0.15, 0.2) is 59.6 Å². The van der Waals surface area contributed by atoms with Gasteiger partial charge in [0.15, 0.2) is 5.69 Å². The van der Waals surface area contributed by atoms with Crippen molar-refractivity contribution in [2.24, 2.45) is 0 Å². The first kappa shape index (κ1) is 13.4. The molecule has 5 heteroatoms. The van der Waals surface area contributed by atoms with Crippen LogP contribution in [0.4, 0.5) is 5.69 Å². The molecular formula is C16H12N2O2S. The zero-order valence-electron chi connectivity index (χ0n) is 11.3. The Bertz CT molecular complexity index is 962. The highest BCUT2D eigenvalue weighted by molar-refractivity contribution is 7.90. The molecule has 0 atom stereocenters. The van der Waals surface area contributed by atoms with Crippen molar-refractivity contribution >= 4 is 26.6 Å². The lowest BCUT2D eigenvalue weighted by Crippen LogP contribution is -2.11. The first-order chi connectivity index (χ1) is 10.0. The molecule has 1 heterocycles. The van der Waals surface area contributed by atoms with Crippen LogP contribution in [0.3, 0.4) is 0 Å². The van der Waals surface area contributed by atoms with Gasteiger partial charge in [0.1, 0.15) is 0 Å². The van der Waals surface area contributed by atoms with Gasteiger partial charge >= 0.3 is 0 Å². The number of benzene rings is 2. The summed E-state index contributed by atoms with van der Waals surface area (Å²) in [6.07, 6.45) is 1.52. The predicted octanol–water partition coefficient (Wildman–Crippen LogP) is 3.74. The molecule has 0 saturated carbocycles. The normalized spacial score (nSPS) is 11.4. The van der Waals surface area contributed by atoms with Crippen LogP contribution in [0.2, 0.25) is 0 Å². The average Bonchev–Trinajstić information content (AvgIpc) is 2.91. The van der Waals surface area contributed by atoms with Gasteiger partial charge < -0.3 is 0 Å². The monoisotopic (exact) mass is 296 g/mol. The number of aromatic nitrogens is 1. The molecule has 0 unspecified atom stereocenters. The second-order valence-corrected chi connectivity index (χ2v) is 6.60. The van der Waals surface area contributed by atoms with Crippen molar-refractivity contribution in [1.29, 1.82) is 0 Å².